The Morgan fingerprint density at radius 1 is 1.27 bits per heavy atom. The predicted octanol–water partition coefficient (Wildman–Crippen LogP) is 3.94. The Balaban J connectivity index is 0. The summed E-state index contributed by atoms with van der Waals surface area (Å²) in [5, 5.41) is 0. The molecule has 1 rings (SSSR count). The fraction of sp³-hybridized carbons (Fsp3) is 0.500. The smallest absolute Gasteiger partial charge is 0.0487 e. The van der Waals surface area contributed by atoms with E-state index in [0.29, 0.717) is 0 Å². The molecule has 0 unspecified atom stereocenters. The SMILES string of the molecule is C/C=C1/NSC(C)=C/C1=C/N.CC.CC. The maximum Gasteiger partial charge on any atom is 0.0487 e. The van der Waals surface area contributed by atoms with Crippen molar-refractivity contribution in [1.29, 1.82) is 0 Å². The summed E-state index contributed by atoms with van der Waals surface area (Å²) in [5.41, 5.74) is 7.58. The van der Waals surface area contributed by atoms with E-state index < -0.39 is 0 Å². The third kappa shape index (κ3) is 6.28. The van der Waals surface area contributed by atoms with Gasteiger partial charge in [-0.05, 0) is 31.9 Å². The predicted molar refractivity (Wildman–Crippen MR) is 73.2 cm³/mol. The molecule has 3 heteroatoms. The number of hydrogen-bond acceptors (Lipinski definition) is 3. The molecule has 1 aliphatic rings. The zero-order valence-electron chi connectivity index (χ0n) is 10.7. The maximum absolute atomic E-state index is 5.43. The first-order valence-electron chi connectivity index (χ1n) is 5.47. The molecule has 0 radical (unpaired) electrons. The van der Waals surface area contributed by atoms with Crippen molar-refractivity contribution in [3.05, 3.63) is 34.5 Å². The Morgan fingerprint density at radius 2 is 1.80 bits per heavy atom. The van der Waals surface area contributed by atoms with Crippen molar-refractivity contribution in [2.24, 2.45) is 5.73 Å². The van der Waals surface area contributed by atoms with Crippen LogP contribution >= 0.6 is 11.9 Å². The average molecular weight is 228 g/mol. The van der Waals surface area contributed by atoms with Gasteiger partial charge >= 0.3 is 0 Å². The van der Waals surface area contributed by atoms with Crippen LogP contribution in [0.5, 0.6) is 0 Å². The van der Waals surface area contributed by atoms with Gasteiger partial charge in [0.2, 0.25) is 0 Å². The van der Waals surface area contributed by atoms with Crippen LogP contribution in [0.25, 0.3) is 0 Å². The van der Waals surface area contributed by atoms with Crippen LogP contribution in [0.1, 0.15) is 41.5 Å². The van der Waals surface area contributed by atoms with E-state index in [0.717, 1.165) is 11.3 Å². The van der Waals surface area contributed by atoms with Gasteiger partial charge in [-0.3, -0.25) is 0 Å². The second-order valence-electron chi connectivity index (χ2n) is 2.28. The summed E-state index contributed by atoms with van der Waals surface area (Å²) < 4.78 is 3.18. The van der Waals surface area contributed by atoms with Gasteiger partial charge in [0.05, 0.1) is 0 Å². The monoisotopic (exact) mass is 228 g/mol. The first-order valence-corrected chi connectivity index (χ1v) is 6.29. The number of hydrogen-bond donors (Lipinski definition) is 2. The number of nitrogens with two attached hydrogens (primary N) is 1. The van der Waals surface area contributed by atoms with Gasteiger partial charge < -0.3 is 10.5 Å². The van der Waals surface area contributed by atoms with E-state index in [9.17, 15) is 0 Å². The molecule has 1 aliphatic heterocycles. The summed E-state index contributed by atoms with van der Waals surface area (Å²) in [7, 11) is 0. The molecule has 0 amide bonds. The molecule has 2 nitrogen and oxygen atoms in total. The van der Waals surface area contributed by atoms with Crippen LogP contribution in [0.15, 0.2) is 34.5 Å². The number of nitrogens with one attached hydrogen (secondary N) is 1. The van der Waals surface area contributed by atoms with Crippen LogP contribution in [0.3, 0.4) is 0 Å². The van der Waals surface area contributed by atoms with Crippen LogP contribution in [-0.2, 0) is 0 Å². The summed E-state index contributed by atoms with van der Waals surface area (Å²) >= 11 is 1.62. The van der Waals surface area contributed by atoms with Gasteiger partial charge in [-0.1, -0.05) is 33.8 Å². The first kappa shape index (κ1) is 16.6. The van der Waals surface area contributed by atoms with Crippen LogP contribution in [0, 0.1) is 0 Å². The minimum atomic E-state index is 1.06. The van der Waals surface area contributed by atoms with Crippen molar-refractivity contribution < 1.29 is 0 Å². The lowest BCUT2D eigenvalue weighted by Gasteiger charge is -2.16. The highest BCUT2D eigenvalue weighted by Crippen LogP contribution is 2.24. The molecule has 88 valence electrons. The Morgan fingerprint density at radius 3 is 2.20 bits per heavy atom. The molecular formula is C12H24N2S. The molecule has 1 heterocycles. The molecule has 15 heavy (non-hydrogen) atoms. The average Bonchev–Trinajstić information content (AvgIpc) is 2.34. The minimum Gasteiger partial charge on any atom is -0.404 e. The molecule has 0 saturated heterocycles. The molecular weight excluding hydrogens is 204 g/mol. The van der Waals surface area contributed by atoms with Crippen molar-refractivity contribution in [3.8, 4) is 0 Å². The van der Waals surface area contributed by atoms with E-state index in [1.807, 2.05) is 47.6 Å². The Hall–Kier alpha value is -0.830. The van der Waals surface area contributed by atoms with E-state index in [2.05, 4.69) is 10.8 Å². The molecule has 0 fully saturated rings. The number of rotatable bonds is 0. The van der Waals surface area contributed by atoms with Crippen LogP contribution in [0.4, 0.5) is 0 Å². The summed E-state index contributed by atoms with van der Waals surface area (Å²) in [6.45, 7) is 12.0. The fourth-order valence-corrected chi connectivity index (χ4v) is 1.58. The van der Waals surface area contributed by atoms with Gasteiger partial charge in [0.25, 0.3) is 0 Å². The Labute approximate surface area is 98.8 Å². The second kappa shape index (κ2) is 11.2. The standard InChI is InChI=1S/C8H12N2S.2C2H6/c1-3-8-7(5-9)4-6(2)11-10-8;2*1-2/h3-5,10H,9H2,1-2H3;2*1-2H3/b7-5-,8-3+;;. The maximum atomic E-state index is 5.43. The highest BCUT2D eigenvalue weighted by atomic mass is 32.2. The van der Waals surface area contributed by atoms with E-state index in [1.165, 1.54) is 4.91 Å². The van der Waals surface area contributed by atoms with E-state index in [-0.39, 0.29) is 0 Å². The summed E-state index contributed by atoms with van der Waals surface area (Å²) in [4.78, 5) is 1.23. The van der Waals surface area contributed by atoms with E-state index in [4.69, 9.17) is 5.73 Å². The Bertz CT molecular complexity index is 240. The molecule has 0 aromatic carbocycles. The number of allylic oxidation sites excluding steroid dienone is 3. The van der Waals surface area contributed by atoms with Crippen molar-refractivity contribution in [2.45, 2.75) is 41.5 Å². The molecule has 0 aliphatic carbocycles. The van der Waals surface area contributed by atoms with Crippen molar-refractivity contribution in [2.75, 3.05) is 0 Å². The fourth-order valence-electron chi connectivity index (χ4n) is 0.884. The van der Waals surface area contributed by atoms with Crippen LogP contribution in [-0.4, -0.2) is 0 Å². The summed E-state index contributed by atoms with van der Waals surface area (Å²) in [6.07, 6.45) is 5.69. The summed E-state index contributed by atoms with van der Waals surface area (Å²) in [5.74, 6) is 0. The zero-order chi connectivity index (χ0) is 12.3. The van der Waals surface area contributed by atoms with Crippen molar-refractivity contribution >= 4 is 11.9 Å². The third-order valence-corrected chi connectivity index (χ3v) is 2.22. The van der Waals surface area contributed by atoms with Crippen molar-refractivity contribution in [1.82, 2.24) is 4.72 Å². The normalized spacial score (nSPS) is 19.2. The van der Waals surface area contributed by atoms with Gasteiger partial charge in [-0.15, -0.1) is 0 Å². The minimum absolute atomic E-state index is 1.06. The topological polar surface area (TPSA) is 38.0 Å². The van der Waals surface area contributed by atoms with Gasteiger partial charge in [-0.25, -0.2) is 0 Å². The first-order chi connectivity index (χ1) is 7.27. The quantitative estimate of drug-likeness (QED) is 0.617. The molecule has 0 saturated carbocycles. The van der Waals surface area contributed by atoms with E-state index >= 15 is 0 Å². The largest absolute Gasteiger partial charge is 0.404 e. The molecule has 0 spiro atoms. The van der Waals surface area contributed by atoms with Gasteiger partial charge in [0, 0.05) is 22.4 Å². The second-order valence-corrected chi connectivity index (χ2v) is 3.34. The molecule has 0 atom stereocenters. The van der Waals surface area contributed by atoms with Gasteiger partial charge in [-0.2, -0.15) is 0 Å². The summed E-state index contributed by atoms with van der Waals surface area (Å²) in [6, 6.07) is 0. The van der Waals surface area contributed by atoms with Crippen LogP contribution in [0.2, 0.25) is 0 Å². The highest BCUT2D eigenvalue weighted by molar-refractivity contribution is 8.01. The lowest BCUT2D eigenvalue weighted by Crippen LogP contribution is -2.10. The van der Waals surface area contributed by atoms with Gasteiger partial charge in [0.1, 0.15) is 0 Å². The molecule has 0 aromatic rings. The lowest BCUT2D eigenvalue weighted by molar-refractivity contribution is 1.19. The third-order valence-electron chi connectivity index (χ3n) is 1.46. The molecule has 0 bridgehead atoms. The van der Waals surface area contributed by atoms with Crippen LogP contribution < -0.4 is 10.5 Å². The van der Waals surface area contributed by atoms with E-state index in [1.54, 1.807) is 18.1 Å². The zero-order valence-corrected chi connectivity index (χ0v) is 11.5. The highest BCUT2D eigenvalue weighted by Gasteiger charge is 2.07. The molecule has 0 aromatic heterocycles. The van der Waals surface area contributed by atoms with Crippen molar-refractivity contribution in [3.63, 3.8) is 0 Å². The Kier molecular flexibility index (Phi) is 12.4. The lowest BCUT2D eigenvalue weighted by atomic mass is 10.2. The van der Waals surface area contributed by atoms with Gasteiger partial charge in [0.15, 0.2) is 0 Å². The molecule has 3 N–H and O–H groups in total.